The van der Waals surface area contributed by atoms with E-state index in [2.05, 4.69) is 26.7 Å². The quantitative estimate of drug-likeness (QED) is 0.307. The summed E-state index contributed by atoms with van der Waals surface area (Å²) in [5.74, 6) is 0.867. The number of hydrogen-bond acceptors (Lipinski definition) is 7. The van der Waals surface area contributed by atoms with Gasteiger partial charge in [-0.25, -0.2) is 0 Å². The van der Waals surface area contributed by atoms with Crippen molar-refractivity contribution in [3.8, 4) is 11.8 Å². The van der Waals surface area contributed by atoms with E-state index < -0.39 is 5.41 Å². The standard InChI is InChI=1S/C32H35N5O3/c1-22-8-9-27(37-31(38)24-6-5-7-26(14-24)32(2,3)21-33)15-29(22)36-17-25(16-34-4)28-18-35-12-10-30(28)40-20-23-11-13-39-19-23/h5-10,12,14-18,23,36H,11,13,19-20H2,1-4H3,(H,37,38)/b25-17+,34-16-. The summed E-state index contributed by atoms with van der Waals surface area (Å²) in [6, 6.07) is 17.0. The van der Waals surface area contributed by atoms with Gasteiger partial charge in [-0.3, -0.25) is 14.8 Å². The van der Waals surface area contributed by atoms with E-state index in [1.54, 1.807) is 43.9 Å². The Morgan fingerprint density at radius 3 is 2.88 bits per heavy atom. The Balaban J connectivity index is 1.52. The second-order valence-electron chi connectivity index (χ2n) is 10.3. The number of aryl methyl sites for hydroxylation is 1. The van der Waals surface area contributed by atoms with Crippen molar-refractivity contribution >= 4 is 29.1 Å². The molecule has 1 fully saturated rings. The van der Waals surface area contributed by atoms with Crippen LogP contribution in [0.15, 0.2) is 72.1 Å². The zero-order valence-corrected chi connectivity index (χ0v) is 23.4. The second kappa shape index (κ2) is 13.0. The van der Waals surface area contributed by atoms with E-state index in [-0.39, 0.29) is 5.91 Å². The molecule has 8 heteroatoms. The lowest BCUT2D eigenvalue weighted by molar-refractivity contribution is 0.102. The molecule has 1 aromatic heterocycles. The molecule has 4 rings (SSSR count). The van der Waals surface area contributed by atoms with Crippen molar-refractivity contribution in [2.45, 2.75) is 32.6 Å². The smallest absolute Gasteiger partial charge is 0.255 e. The molecule has 0 bridgehead atoms. The maximum absolute atomic E-state index is 13.0. The molecule has 8 nitrogen and oxygen atoms in total. The Hall–Kier alpha value is -4.48. The lowest BCUT2D eigenvalue weighted by Crippen LogP contribution is -2.17. The highest BCUT2D eigenvalue weighted by molar-refractivity contribution is 6.11. The normalized spacial score (nSPS) is 15.6. The number of allylic oxidation sites excluding steroid dienone is 1. The third kappa shape index (κ3) is 7.13. The molecule has 1 unspecified atom stereocenters. The van der Waals surface area contributed by atoms with Crippen LogP contribution in [0, 0.1) is 24.2 Å². The molecule has 1 aliphatic heterocycles. The van der Waals surface area contributed by atoms with Gasteiger partial charge in [-0.2, -0.15) is 5.26 Å². The summed E-state index contributed by atoms with van der Waals surface area (Å²) in [5.41, 5.74) is 4.70. The van der Waals surface area contributed by atoms with Gasteiger partial charge in [-0.15, -0.1) is 0 Å². The van der Waals surface area contributed by atoms with Crippen molar-refractivity contribution in [3.63, 3.8) is 0 Å². The van der Waals surface area contributed by atoms with Crippen LogP contribution in [0.25, 0.3) is 5.57 Å². The zero-order chi connectivity index (χ0) is 28.5. The van der Waals surface area contributed by atoms with Crippen LogP contribution in [0.4, 0.5) is 11.4 Å². The lowest BCUT2D eigenvalue weighted by atomic mass is 9.85. The minimum atomic E-state index is -0.687. The number of ether oxygens (including phenoxy) is 2. The van der Waals surface area contributed by atoms with Gasteiger partial charge in [-0.1, -0.05) is 18.2 Å². The Morgan fingerprint density at radius 1 is 1.27 bits per heavy atom. The van der Waals surface area contributed by atoms with Gasteiger partial charge in [0, 0.05) is 72.5 Å². The number of nitrogens with one attached hydrogen (secondary N) is 2. The largest absolute Gasteiger partial charge is 0.492 e. The maximum atomic E-state index is 13.0. The van der Waals surface area contributed by atoms with E-state index in [4.69, 9.17) is 9.47 Å². The van der Waals surface area contributed by atoms with Crippen LogP contribution >= 0.6 is 0 Å². The van der Waals surface area contributed by atoms with Gasteiger partial charge in [0.1, 0.15) is 5.75 Å². The van der Waals surface area contributed by atoms with Gasteiger partial charge < -0.3 is 20.1 Å². The number of carbonyl (C=O) groups is 1. The van der Waals surface area contributed by atoms with Gasteiger partial charge in [0.15, 0.2) is 0 Å². The van der Waals surface area contributed by atoms with E-state index in [0.717, 1.165) is 53.3 Å². The second-order valence-corrected chi connectivity index (χ2v) is 10.3. The first-order valence-electron chi connectivity index (χ1n) is 13.3. The minimum absolute atomic E-state index is 0.246. The van der Waals surface area contributed by atoms with Gasteiger partial charge >= 0.3 is 0 Å². The fourth-order valence-electron chi connectivity index (χ4n) is 4.30. The van der Waals surface area contributed by atoms with Crippen molar-refractivity contribution in [1.82, 2.24) is 4.98 Å². The highest BCUT2D eigenvalue weighted by Crippen LogP contribution is 2.28. The number of anilines is 2. The molecule has 1 atom stereocenters. The topological polar surface area (TPSA) is 109 Å². The van der Waals surface area contributed by atoms with Crippen molar-refractivity contribution in [2.75, 3.05) is 37.5 Å². The van der Waals surface area contributed by atoms with E-state index in [0.29, 0.717) is 23.8 Å². The van der Waals surface area contributed by atoms with Crippen LogP contribution in [0.1, 0.15) is 47.3 Å². The number of aromatic nitrogens is 1. The lowest BCUT2D eigenvalue weighted by Gasteiger charge is -2.17. The molecule has 2 N–H and O–H groups in total. The first-order valence-corrected chi connectivity index (χ1v) is 13.3. The molecule has 0 radical (unpaired) electrons. The highest BCUT2D eigenvalue weighted by atomic mass is 16.5. The Kier molecular flexibility index (Phi) is 9.31. The molecule has 2 aromatic carbocycles. The van der Waals surface area contributed by atoms with Crippen LogP contribution in [-0.4, -0.2) is 44.0 Å². The van der Waals surface area contributed by atoms with E-state index >= 15 is 0 Å². The van der Waals surface area contributed by atoms with Crippen molar-refractivity contribution in [3.05, 3.63) is 89.4 Å². The van der Waals surface area contributed by atoms with Gasteiger partial charge in [-0.05, 0) is 68.7 Å². The SMILES string of the molecule is C/N=C\C(=C/Nc1cc(NC(=O)c2cccc(C(C)(C)C#N)c2)ccc1C)c1cnccc1OCC1CCOC1. The Bertz CT molecular complexity index is 1450. The number of aliphatic imine (C=N–C) groups is 1. The fourth-order valence-corrected chi connectivity index (χ4v) is 4.30. The zero-order valence-electron chi connectivity index (χ0n) is 23.4. The molecule has 2 heterocycles. The summed E-state index contributed by atoms with van der Waals surface area (Å²) in [5, 5.41) is 15.8. The summed E-state index contributed by atoms with van der Waals surface area (Å²) in [4.78, 5) is 21.6. The molecule has 40 heavy (non-hydrogen) atoms. The number of nitriles is 1. The monoisotopic (exact) mass is 537 g/mol. The molecule has 1 amide bonds. The van der Waals surface area contributed by atoms with Crippen LogP contribution in [0.5, 0.6) is 5.75 Å². The van der Waals surface area contributed by atoms with Crippen LogP contribution in [0.3, 0.4) is 0 Å². The molecular formula is C32H35N5O3. The number of rotatable bonds is 10. The molecule has 1 aliphatic rings. The Labute approximate surface area is 235 Å². The molecule has 0 saturated carbocycles. The number of pyridine rings is 1. The fraction of sp³-hybridized carbons (Fsp3) is 0.312. The molecule has 1 saturated heterocycles. The minimum Gasteiger partial charge on any atom is -0.492 e. The van der Waals surface area contributed by atoms with Crippen LogP contribution < -0.4 is 15.4 Å². The van der Waals surface area contributed by atoms with Gasteiger partial charge in [0.05, 0.1) is 24.7 Å². The number of nitrogens with zero attached hydrogens (tertiary/aromatic N) is 3. The summed E-state index contributed by atoms with van der Waals surface area (Å²) >= 11 is 0. The number of amides is 1. The van der Waals surface area contributed by atoms with E-state index in [1.165, 1.54) is 0 Å². The highest BCUT2D eigenvalue weighted by Gasteiger charge is 2.21. The predicted octanol–water partition coefficient (Wildman–Crippen LogP) is 6.01. The third-order valence-corrected chi connectivity index (χ3v) is 6.86. The summed E-state index contributed by atoms with van der Waals surface area (Å²) in [6.07, 6.45) is 8.09. The first-order chi connectivity index (χ1) is 19.3. The molecular weight excluding hydrogens is 502 g/mol. The van der Waals surface area contributed by atoms with Crippen molar-refractivity contribution < 1.29 is 14.3 Å². The maximum Gasteiger partial charge on any atom is 0.255 e. The van der Waals surface area contributed by atoms with Crippen LogP contribution in [0.2, 0.25) is 0 Å². The summed E-state index contributed by atoms with van der Waals surface area (Å²) < 4.78 is 11.6. The third-order valence-electron chi connectivity index (χ3n) is 6.86. The first kappa shape index (κ1) is 28.5. The molecule has 0 aliphatic carbocycles. The summed E-state index contributed by atoms with van der Waals surface area (Å²) in [7, 11) is 1.72. The Morgan fingerprint density at radius 2 is 2.12 bits per heavy atom. The number of benzene rings is 2. The van der Waals surface area contributed by atoms with E-state index in [9.17, 15) is 10.1 Å². The average molecular weight is 538 g/mol. The van der Waals surface area contributed by atoms with Gasteiger partial charge in [0.25, 0.3) is 5.91 Å². The van der Waals surface area contributed by atoms with Crippen molar-refractivity contribution in [2.24, 2.45) is 10.9 Å². The number of hydrogen-bond donors (Lipinski definition) is 2. The van der Waals surface area contributed by atoms with E-state index in [1.807, 2.05) is 57.3 Å². The summed E-state index contributed by atoms with van der Waals surface area (Å²) in [6.45, 7) is 7.73. The van der Waals surface area contributed by atoms with Crippen molar-refractivity contribution in [1.29, 1.82) is 5.26 Å². The average Bonchev–Trinajstić information content (AvgIpc) is 3.49. The molecule has 0 spiro atoms. The number of carbonyl (C=O) groups excluding carboxylic acids is 1. The van der Waals surface area contributed by atoms with Gasteiger partial charge in [0.2, 0.25) is 0 Å². The molecule has 3 aromatic rings. The molecule has 206 valence electrons. The predicted molar refractivity (Wildman–Crippen MR) is 159 cm³/mol. The van der Waals surface area contributed by atoms with Crippen LogP contribution in [-0.2, 0) is 10.2 Å².